The molecule has 0 aromatic heterocycles. The Bertz CT molecular complexity index is 1300. The van der Waals surface area contributed by atoms with E-state index in [1.165, 1.54) is 12.1 Å². The Balaban J connectivity index is 1.85. The molecule has 4 rings (SSSR count). The van der Waals surface area contributed by atoms with Gasteiger partial charge in [-0.1, -0.05) is 60.7 Å². The Morgan fingerprint density at radius 1 is 0.667 bits per heavy atom. The Kier molecular flexibility index (Phi) is 4.97. The highest BCUT2D eigenvalue weighted by molar-refractivity contribution is 7.89. The molecule has 2 N–H and O–H groups in total. The lowest BCUT2D eigenvalue weighted by atomic mass is 9.90. The van der Waals surface area contributed by atoms with E-state index in [4.69, 9.17) is 0 Å². The van der Waals surface area contributed by atoms with Gasteiger partial charge in [0.15, 0.2) is 0 Å². The second-order valence-electron chi connectivity index (χ2n) is 6.82. The largest absolute Gasteiger partial charge is 0.350 e. The van der Waals surface area contributed by atoms with Gasteiger partial charge in [-0.3, -0.25) is 14.3 Å². The molecule has 0 bridgehead atoms. The molecule has 0 atom stereocenters. The minimum absolute atomic E-state index is 0.0377. The lowest BCUT2D eigenvalue weighted by Crippen LogP contribution is -2.36. The molecule has 1 aliphatic carbocycles. The van der Waals surface area contributed by atoms with Crippen LogP contribution in [0.25, 0.3) is 0 Å². The van der Waals surface area contributed by atoms with Crippen LogP contribution in [0, 0.1) is 6.92 Å². The molecule has 3 aromatic carbocycles. The molecule has 1 aliphatic rings. The summed E-state index contributed by atoms with van der Waals surface area (Å²) in [6, 6.07) is 21.6. The molecule has 0 fully saturated rings. The van der Waals surface area contributed by atoms with Gasteiger partial charge in [0.1, 0.15) is 11.4 Å². The van der Waals surface area contributed by atoms with Crippen LogP contribution >= 0.6 is 0 Å². The molecule has 0 saturated carbocycles. The third kappa shape index (κ3) is 3.51. The molecule has 3 aromatic rings. The third-order valence-corrected chi connectivity index (χ3v) is 6.29. The summed E-state index contributed by atoms with van der Waals surface area (Å²) < 4.78 is 28.5. The number of fused-ring (bicyclic) bond motifs is 1. The van der Waals surface area contributed by atoms with Crippen molar-refractivity contribution in [1.29, 1.82) is 0 Å². The summed E-state index contributed by atoms with van der Waals surface area (Å²) in [6.45, 7) is 1.66. The average Bonchev–Trinajstić information content (AvgIpc) is 2.75. The number of aryl methyl sites for hydroxylation is 1. The van der Waals surface area contributed by atoms with E-state index in [2.05, 4.69) is 10.0 Å². The zero-order valence-corrected chi connectivity index (χ0v) is 16.9. The Labute approximate surface area is 174 Å². The second-order valence-corrected chi connectivity index (χ2v) is 8.47. The van der Waals surface area contributed by atoms with Gasteiger partial charge in [0, 0.05) is 16.8 Å². The summed E-state index contributed by atoms with van der Waals surface area (Å²) in [6.07, 6.45) is 0. The number of allylic oxidation sites excluding steroid dienone is 2. The fraction of sp³-hybridized carbons (Fsp3) is 0.0435. The molecular weight excluding hydrogens is 400 g/mol. The van der Waals surface area contributed by atoms with Crippen molar-refractivity contribution in [3.05, 3.63) is 107 Å². The molecule has 30 heavy (non-hydrogen) atoms. The van der Waals surface area contributed by atoms with E-state index in [1.54, 1.807) is 67.6 Å². The van der Waals surface area contributed by atoms with Gasteiger partial charge in [0.05, 0.1) is 4.90 Å². The minimum atomic E-state index is -4.10. The average molecular weight is 418 g/mol. The van der Waals surface area contributed by atoms with Crippen LogP contribution < -0.4 is 10.0 Å². The van der Waals surface area contributed by atoms with Crippen LogP contribution in [0.1, 0.15) is 26.3 Å². The van der Waals surface area contributed by atoms with Crippen molar-refractivity contribution in [3.63, 3.8) is 0 Å². The number of Topliss-reactive ketones (excluding diaryl/α,β-unsaturated/α-hetero) is 2. The zero-order chi connectivity index (χ0) is 21.3. The van der Waals surface area contributed by atoms with Gasteiger partial charge in [-0.15, -0.1) is 0 Å². The maximum Gasteiger partial charge on any atom is 0.262 e. The number of carbonyl (C=O) groups excluding carboxylic acids is 2. The molecule has 0 aliphatic heterocycles. The minimum Gasteiger partial charge on any atom is -0.350 e. The summed E-state index contributed by atoms with van der Waals surface area (Å²) in [4.78, 5) is 26.4. The van der Waals surface area contributed by atoms with Gasteiger partial charge in [-0.25, -0.2) is 8.42 Å². The Morgan fingerprint density at radius 3 is 1.83 bits per heavy atom. The van der Waals surface area contributed by atoms with Gasteiger partial charge < -0.3 is 5.32 Å². The van der Waals surface area contributed by atoms with Crippen molar-refractivity contribution in [1.82, 2.24) is 4.72 Å². The van der Waals surface area contributed by atoms with Gasteiger partial charge in [-0.05, 0) is 30.7 Å². The van der Waals surface area contributed by atoms with Crippen LogP contribution in [0.5, 0.6) is 0 Å². The number of para-hydroxylation sites is 1. The highest BCUT2D eigenvalue weighted by Gasteiger charge is 2.35. The van der Waals surface area contributed by atoms with E-state index in [1.807, 2.05) is 6.07 Å². The molecule has 0 radical (unpaired) electrons. The first-order chi connectivity index (χ1) is 14.4. The quantitative estimate of drug-likeness (QED) is 0.660. The predicted molar refractivity (Wildman–Crippen MR) is 114 cm³/mol. The van der Waals surface area contributed by atoms with Crippen molar-refractivity contribution < 1.29 is 18.0 Å². The SMILES string of the molecule is Cc1ccccc1S(=O)(=O)NC1=C(Nc2ccccc2)C(=O)c2ccccc2C1=O. The van der Waals surface area contributed by atoms with Gasteiger partial charge >= 0.3 is 0 Å². The van der Waals surface area contributed by atoms with Crippen LogP contribution in [-0.4, -0.2) is 20.0 Å². The summed E-state index contributed by atoms with van der Waals surface area (Å²) in [5.74, 6) is -1.03. The van der Waals surface area contributed by atoms with E-state index in [0.717, 1.165) is 0 Å². The van der Waals surface area contributed by atoms with Gasteiger partial charge in [0.25, 0.3) is 10.0 Å². The highest BCUT2D eigenvalue weighted by atomic mass is 32.2. The van der Waals surface area contributed by atoms with E-state index in [9.17, 15) is 18.0 Å². The van der Waals surface area contributed by atoms with Crippen LogP contribution in [0.15, 0.2) is 95.2 Å². The topological polar surface area (TPSA) is 92.3 Å². The molecule has 150 valence electrons. The molecule has 0 heterocycles. The Hall–Kier alpha value is -3.71. The summed E-state index contributed by atoms with van der Waals surface area (Å²) in [7, 11) is -4.10. The van der Waals surface area contributed by atoms with Crippen LogP contribution in [0.2, 0.25) is 0 Å². The van der Waals surface area contributed by atoms with Crippen molar-refractivity contribution in [2.75, 3.05) is 5.32 Å². The van der Waals surface area contributed by atoms with Gasteiger partial charge in [-0.2, -0.15) is 0 Å². The molecule has 0 saturated heterocycles. The first kappa shape index (κ1) is 19.6. The standard InChI is InChI=1S/C23H18N2O4S/c1-15-9-5-8-14-19(15)30(28,29)25-21-20(24-16-10-3-2-4-11-16)22(26)17-12-6-7-13-18(17)23(21)27/h2-14,24-25H,1H3. The molecular formula is C23H18N2O4S. The predicted octanol–water partition coefficient (Wildman–Crippen LogP) is 3.68. The number of ketones is 2. The number of hydrogen-bond acceptors (Lipinski definition) is 5. The molecule has 0 spiro atoms. The van der Waals surface area contributed by atoms with E-state index in [-0.39, 0.29) is 27.4 Å². The second kappa shape index (κ2) is 7.61. The number of sulfonamides is 1. The van der Waals surface area contributed by atoms with Crippen LogP contribution in [0.4, 0.5) is 5.69 Å². The van der Waals surface area contributed by atoms with Crippen LogP contribution in [0.3, 0.4) is 0 Å². The smallest absolute Gasteiger partial charge is 0.262 e. The normalized spacial score (nSPS) is 13.8. The fourth-order valence-electron chi connectivity index (χ4n) is 3.31. The highest BCUT2D eigenvalue weighted by Crippen LogP contribution is 2.28. The summed E-state index contributed by atoms with van der Waals surface area (Å²) >= 11 is 0. The number of rotatable bonds is 5. The number of nitrogens with one attached hydrogen (secondary N) is 2. The van der Waals surface area contributed by atoms with Crippen LogP contribution in [-0.2, 0) is 10.0 Å². The maximum atomic E-state index is 13.2. The Morgan fingerprint density at radius 2 is 1.20 bits per heavy atom. The molecule has 7 heteroatoms. The molecule has 6 nitrogen and oxygen atoms in total. The lowest BCUT2D eigenvalue weighted by Gasteiger charge is -2.23. The number of hydrogen-bond donors (Lipinski definition) is 2. The summed E-state index contributed by atoms with van der Waals surface area (Å²) in [5, 5.41) is 2.92. The summed E-state index contributed by atoms with van der Waals surface area (Å²) in [5.41, 5.74) is 1.05. The monoisotopic (exact) mass is 418 g/mol. The van der Waals surface area contributed by atoms with Gasteiger partial charge in [0.2, 0.25) is 11.6 Å². The first-order valence-corrected chi connectivity index (χ1v) is 10.7. The fourth-order valence-corrected chi connectivity index (χ4v) is 4.63. The van der Waals surface area contributed by atoms with Crippen molar-refractivity contribution in [2.45, 2.75) is 11.8 Å². The van der Waals surface area contributed by atoms with E-state index < -0.39 is 21.6 Å². The van der Waals surface area contributed by atoms with E-state index in [0.29, 0.717) is 11.3 Å². The van der Waals surface area contributed by atoms with E-state index >= 15 is 0 Å². The number of benzene rings is 3. The third-order valence-electron chi connectivity index (χ3n) is 4.78. The van der Waals surface area contributed by atoms with Crippen molar-refractivity contribution in [2.24, 2.45) is 0 Å². The number of carbonyl (C=O) groups is 2. The van der Waals surface area contributed by atoms with Crippen molar-refractivity contribution in [3.8, 4) is 0 Å². The lowest BCUT2D eigenvalue weighted by molar-refractivity contribution is 0.0972. The zero-order valence-electron chi connectivity index (χ0n) is 16.0. The molecule has 0 unspecified atom stereocenters. The van der Waals surface area contributed by atoms with Crippen molar-refractivity contribution >= 4 is 27.3 Å². The maximum absolute atomic E-state index is 13.2. The number of anilines is 1. The molecule has 0 amide bonds. The first-order valence-electron chi connectivity index (χ1n) is 9.22.